The molecule has 1 unspecified atom stereocenters. The molecule has 94 heavy (non-hydrogen) atoms. The Hall–Kier alpha value is -6.92. The molecule has 0 spiro atoms. The molecule has 3 aromatic rings. The summed E-state index contributed by atoms with van der Waals surface area (Å²) in [7, 11) is -3.35. The van der Waals surface area contributed by atoms with Gasteiger partial charge in [0.2, 0.25) is 46.5 Å². The van der Waals surface area contributed by atoms with Gasteiger partial charge in [-0.1, -0.05) is 43.6 Å². The van der Waals surface area contributed by atoms with Crippen LogP contribution in [0.25, 0.3) is 10.6 Å². The Balaban J connectivity index is 0.918. The fourth-order valence-electron chi connectivity index (χ4n) is 14.0. The Labute approximate surface area is 548 Å². The summed E-state index contributed by atoms with van der Waals surface area (Å²) in [6.45, 7) is 4.34. The van der Waals surface area contributed by atoms with Crippen molar-refractivity contribution in [2.75, 3.05) is 69.3 Å². The first-order valence-corrected chi connectivity index (χ1v) is 34.2. The summed E-state index contributed by atoms with van der Waals surface area (Å²) in [5.74, 6) is -10.1. The molecule has 0 radical (unpaired) electrons. The number of hydrogen-bond donors (Lipinski definition) is 14. The smallest absolute Gasteiger partial charge is 0.446 e. The number of primary amides is 1. The van der Waals surface area contributed by atoms with Crippen LogP contribution in [0.4, 0.5) is 10.8 Å². The molecule has 7 amide bonds. The van der Waals surface area contributed by atoms with Gasteiger partial charge in [0.1, 0.15) is 35.2 Å². The molecule has 5 aliphatic heterocycles. The van der Waals surface area contributed by atoms with Gasteiger partial charge in [0.15, 0.2) is 11.5 Å². The highest BCUT2D eigenvalue weighted by Gasteiger charge is 2.50. The minimum atomic E-state index is -5.22. The minimum absolute atomic E-state index is 0.0434. The van der Waals surface area contributed by atoms with Crippen LogP contribution < -0.4 is 46.3 Å². The number of amides is 7. The Morgan fingerprint density at radius 1 is 0.787 bits per heavy atom. The van der Waals surface area contributed by atoms with E-state index in [-0.39, 0.29) is 30.2 Å². The number of nitrogens with zero attached hydrogens (tertiary/aromatic N) is 6. The van der Waals surface area contributed by atoms with E-state index < -0.39 is 181 Å². The summed E-state index contributed by atoms with van der Waals surface area (Å²) in [6.07, 6.45) is -3.67. The van der Waals surface area contributed by atoms with Crippen LogP contribution >= 0.6 is 11.3 Å². The van der Waals surface area contributed by atoms with Crippen LogP contribution in [0.5, 0.6) is 11.5 Å². The lowest BCUT2D eigenvalue weighted by atomic mass is 9.72. The van der Waals surface area contributed by atoms with Crippen molar-refractivity contribution in [3.63, 3.8) is 0 Å². The van der Waals surface area contributed by atoms with Gasteiger partial charge in [-0.05, 0) is 112 Å². The number of carbonyl (C=O) groups excluding carboxylic acids is 7. The predicted molar refractivity (Wildman–Crippen MR) is 338 cm³/mol. The number of nitrogens with two attached hydrogens (primary N) is 1. The lowest BCUT2D eigenvalue weighted by Crippen LogP contribution is -2.64. The number of aromatic hydroxyl groups is 1. The second kappa shape index (κ2) is 30.9. The number of phenolic OH excluding ortho intramolecular Hbond substituents is 1. The summed E-state index contributed by atoms with van der Waals surface area (Å²) in [5.41, 5.74) is 7.34. The van der Waals surface area contributed by atoms with Crippen LogP contribution in [0, 0.1) is 17.8 Å². The number of aliphatic hydroxyl groups excluding tert-OH is 6. The normalized spacial score (nSPS) is 28.7. The number of hydrogen-bond acceptors (Lipinski definition) is 24. The molecule has 13 atom stereocenters. The lowest BCUT2D eigenvalue weighted by Gasteiger charge is -2.47. The van der Waals surface area contributed by atoms with Crippen LogP contribution in [0.15, 0.2) is 42.5 Å². The third kappa shape index (κ3) is 17.2. The number of carbonyl (C=O) groups is 7. The summed E-state index contributed by atoms with van der Waals surface area (Å²) in [4.78, 5) is 106. The van der Waals surface area contributed by atoms with Gasteiger partial charge in [0.25, 0.3) is 0 Å². The molecule has 1 aromatic heterocycles. The lowest BCUT2D eigenvalue weighted by molar-refractivity contribution is -0.147. The third-order valence-electron chi connectivity index (χ3n) is 19.3. The van der Waals surface area contributed by atoms with Gasteiger partial charge in [-0.3, -0.25) is 38.1 Å². The van der Waals surface area contributed by atoms with E-state index >= 15 is 0 Å². The molecule has 1 saturated carbocycles. The van der Waals surface area contributed by atoms with E-state index in [1.807, 2.05) is 7.11 Å². The number of phenols is 1. The SMILES string of the molecule is COC1(C2CCCCC2)CCN(c2ccc(-c3nnc(N4CCC(CNC5C[C@@H](O)CNC(=O)[C@@H]6[C@@H](O)[C@@H](C)CN6C(=O)[C@H]([C@H](O)CC(N)=O)NC(=O)[C@H]([C@H](O)Cc6ccc(O)c(OS(=O)(=O)O)c6)NC(=O)[C@@H]6C[C@@H](O)CN6C(=O)[C@H]([C@@H](C)O)NC5=O)CC4)s3)cc2)CC1. The quantitative estimate of drug-likeness (QED) is 0.0624. The van der Waals surface area contributed by atoms with Crippen LogP contribution in [0.1, 0.15) is 96.5 Å². The molecule has 9 rings (SSSR count). The van der Waals surface area contributed by atoms with E-state index in [9.17, 15) is 82.3 Å². The van der Waals surface area contributed by atoms with E-state index in [2.05, 4.69) is 75.0 Å². The Morgan fingerprint density at radius 2 is 1.45 bits per heavy atom. The number of fused-ring (bicyclic) bond motifs is 2. The predicted octanol–water partition coefficient (Wildman–Crippen LogP) is -2.44. The van der Waals surface area contributed by atoms with E-state index in [0.717, 1.165) is 75.3 Å². The standard InChI is InChI=1S/C61H88N12O19S2/c1-32-30-73-51(52(32)81)56(85)64-29-39(75)25-41(63-28-34-15-19-71(20-16-34)60-69-68-57(93-60)36-10-12-38(13-11-36)70-21-17-61(91-3,18-22-70)37-7-5-4-6-8-37)53(82)65-48(33(2)74)58(86)72-31-40(76)26-42(72)54(83)66-49(55(84)67-50(59(73)87)45(79)27-47(62)80)44(78)23-35-9-14-43(77)46(24-35)92-94(88,89)90/h9-14,24,32-34,37,39-42,44-45,48-52,63,74-79,81H,4-8,15-23,25-31H2,1-3H3,(H2,62,80)(H,64,85)(H,65,82)(H,66,83)(H,67,84)(H,88,89,90)/t32-,33+,39+,40+,41?,42-,44+,45+,48-,49-,50-,51-,52-/m0/s1. The highest BCUT2D eigenvalue weighted by atomic mass is 32.3. The van der Waals surface area contributed by atoms with Crippen molar-refractivity contribution < 1.29 is 91.2 Å². The first-order chi connectivity index (χ1) is 44.6. The molecule has 6 heterocycles. The average Bonchev–Trinajstić information content (AvgIpc) is 1.47. The number of β-amino-alcohol motifs (C(OH)–C–C–N with tert-alkyl or cyclic N) is 1. The average molecular weight is 1360 g/mol. The van der Waals surface area contributed by atoms with Crippen molar-refractivity contribution in [2.45, 2.75) is 176 Å². The molecule has 518 valence electrons. The van der Waals surface area contributed by atoms with Gasteiger partial charge in [0, 0.05) is 82.9 Å². The summed E-state index contributed by atoms with van der Waals surface area (Å²) in [6, 6.07) is 0.167. The zero-order valence-electron chi connectivity index (χ0n) is 52.7. The zero-order valence-corrected chi connectivity index (χ0v) is 54.3. The number of aliphatic hydroxyl groups is 6. The first kappa shape index (κ1) is 71.4. The summed E-state index contributed by atoms with van der Waals surface area (Å²) < 4.78 is 43.1. The molecule has 6 aliphatic rings. The van der Waals surface area contributed by atoms with E-state index in [4.69, 9.17) is 10.5 Å². The fourth-order valence-corrected chi connectivity index (χ4v) is 15.2. The van der Waals surface area contributed by atoms with Crippen molar-refractivity contribution in [1.29, 1.82) is 0 Å². The second-order valence-corrected chi connectivity index (χ2v) is 27.9. The number of benzene rings is 2. The molecule has 15 N–H and O–H groups in total. The molecule has 0 bridgehead atoms. The van der Waals surface area contributed by atoms with Gasteiger partial charge in [-0.15, -0.1) is 10.2 Å². The topological polar surface area (TPSA) is 459 Å². The molecule has 31 nitrogen and oxygen atoms in total. The number of nitrogens with one attached hydrogen (secondary N) is 5. The zero-order chi connectivity index (χ0) is 67.9. The number of piperidine rings is 2. The number of anilines is 2. The monoisotopic (exact) mass is 1360 g/mol. The van der Waals surface area contributed by atoms with Crippen molar-refractivity contribution in [2.24, 2.45) is 23.5 Å². The molecular formula is C61H88N12O19S2. The maximum atomic E-state index is 14.7. The maximum absolute atomic E-state index is 14.7. The third-order valence-corrected chi connectivity index (χ3v) is 20.7. The number of rotatable bonds is 17. The number of methoxy groups -OCH3 is 1. The number of aromatic nitrogens is 2. The second-order valence-electron chi connectivity index (χ2n) is 25.9. The maximum Gasteiger partial charge on any atom is 0.446 e. The fraction of sp³-hybridized carbons (Fsp3) is 0.656. The summed E-state index contributed by atoms with van der Waals surface area (Å²) in [5, 5.41) is 102. The van der Waals surface area contributed by atoms with Crippen LogP contribution in [0.2, 0.25) is 0 Å². The van der Waals surface area contributed by atoms with Crippen molar-refractivity contribution in [1.82, 2.24) is 46.6 Å². The highest BCUT2D eigenvalue weighted by molar-refractivity contribution is 7.81. The van der Waals surface area contributed by atoms with E-state index in [1.54, 1.807) is 0 Å². The molecule has 6 fully saturated rings. The van der Waals surface area contributed by atoms with Gasteiger partial charge in [-0.2, -0.15) is 8.42 Å². The van der Waals surface area contributed by atoms with E-state index in [1.165, 1.54) is 57.3 Å². The highest BCUT2D eigenvalue weighted by Crippen LogP contribution is 2.43. The Morgan fingerprint density at radius 3 is 2.10 bits per heavy atom. The number of ether oxygens (including phenoxy) is 1. The Kier molecular flexibility index (Phi) is 23.4. The van der Waals surface area contributed by atoms with Gasteiger partial charge in [0.05, 0.1) is 54.7 Å². The Bertz CT molecular complexity index is 3290. The van der Waals surface area contributed by atoms with Gasteiger partial charge >= 0.3 is 10.4 Å². The van der Waals surface area contributed by atoms with Crippen molar-refractivity contribution in [3.8, 4) is 22.1 Å². The van der Waals surface area contributed by atoms with E-state index in [0.29, 0.717) is 31.8 Å². The summed E-state index contributed by atoms with van der Waals surface area (Å²) >= 11 is 1.48. The van der Waals surface area contributed by atoms with Gasteiger partial charge < -0.3 is 96.6 Å². The van der Waals surface area contributed by atoms with Crippen LogP contribution in [-0.4, -0.2) is 248 Å². The first-order valence-electron chi connectivity index (χ1n) is 32.0. The molecular weight excluding hydrogens is 1270 g/mol. The van der Waals surface area contributed by atoms with Crippen molar-refractivity contribution in [3.05, 3.63) is 48.0 Å². The molecule has 33 heteroatoms. The van der Waals surface area contributed by atoms with Crippen LogP contribution in [-0.2, 0) is 55.1 Å². The molecule has 5 saturated heterocycles. The minimum Gasteiger partial charge on any atom is -0.504 e. The van der Waals surface area contributed by atoms with Crippen molar-refractivity contribution >= 4 is 73.9 Å². The van der Waals surface area contributed by atoms with Crippen LogP contribution in [0.3, 0.4) is 0 Å². The molecule has 1 aliphatic carbocycles. The largest absolute Gasteiger partial charge is 0.504 e. The molecule has 2 aromatic carbocycles. The van der Waals surface area contributed by atoms with Gasteiger partial charge in [-0.25, -0.2) is 0 Å².